The number of carbonyl (C=O) groups excluding carboxylic acids is 2. The average molecular weight is 279 g/mol. The fourth-order valence-electron chi connectivity index (χ4n) is 2.21. The Morgan fingerprint density at radius 3 is 2.05 bits per heavy atom. The van der Waals surface area contributed by atoms with Gasteiger partial charge in [0, 0.05) is 6.42 Å². The number of carbonyl (C=O) groups is 2. The van der Waals surface area contributed by atoms with E-state index in [1.807, 2.05) is 42.5 Å². The molecule has 5 heteroatoms. The highest BCUT2D eigenvalue weighted by molar-refractivity contribution is 6.06. The SMILES string of the molecule is O=C1CC(c2ccc(N=Nc3ccccc3)cc2)C(=O)N1. The largest absolute Gasteiger partial charge is 0.296 e. The monoisotopic (exact) mass is 279 g/mol. The fraction of sp³-hybridized carbons (Fsp3) is 0.125. The minimum atomic E-state index is -0.391. The Bertz CT molecular complexity index is 693. The zero-order valence-corrected chi connectivity index (χ0v) is 11.2. The first-order valence-corrected chi connectivity index (χ1v) is 6.63. The third-order valence-electron chi connectivity index (χ3n) is 3.30. The number of nitrogens with one attached hydrogen (secondary N) is 1. The summed E-state index contributed by atoms with van der Waals surface area (Å²) in [5.41, 5.74) is 2.30. The molecule has 2 aromatic carbocycles. The molecule has 1 atom stereocenters. The van der Waals surface area contributed by atoms with Crippen LogP contribution in [0.4, 0.5) is 11.4 Å². The molecule has 104 valence electrons. The van der Waals surface area contributed by atoms with Crippen LogP contribution in [0.25, 0.3) is 0 Å². The van der Waals surface area contributed by atoms with Crippen LogP contribution in [0, 0.1) is 0 Å². The van der Waals surface area contributed by atoms with Gasteiger partial charge in [0.1, 0.15) is 0 Å². The van der Waals surface area contributed by atoms with Gasteiger partial charge in [0.15, 0.2) is 0 Å². The molecule has 1 unspecified atom stereocenters. The van der Waals surface area contributed by atoms with Crippen molar-refractivity contribution in [2.75, 3.05) is 0 Å². The van der Waals surface area contributed by atoms with Crippen LogP contribution in [0.5, 0.6) is 0 Å². The van der Waals surface area contributed by atoms with Gasteiger partial charge in [0.05, 0.1) is 17.3 Å². The summed E-state index contributed by atoms with van der Waals surface area (Å²) in [5.74, 6) is -0.853. The van der Waals surface area contributed by atoms with Gasteiger partial charge in [-0.2, -0.15) is 10.2 Å². The predicted molar refractivity (Wildman–Crippen MR) is 77.6 cm³/mol. The maximum absolute atomic E-state index is 11.6. The van der Waals surface area contributed by atoms with Crippen molar-refractivity contribution in [3.8, 4) is 0 Å². The highest BCUT2D eigenvalue weighted by Gasteiger charge is 2.31. The van der Waals surface area contributed by atoms with Crippen molar-refractivity contribution in [1.82, 2.24) is 5.32 Å². The van der Waals surface area contributed by atoms with Crippen LogP contribution in [0.15, 0.2) is 64.8 Å². The van der Waals surface area contributed by atoms with Gasteiger partial charge >= 0.3 is 0 Å². The van der Waals surface area contributed by atoms with Gasteiger partial charge in [-0.15, -0.1) is 0 Å². The van der Waals surface area contributed by atoms with E-state index in [2.05, 4.69) is 15.5 Å². The first kappa shape index (κ1) is 13.2. The Morgan fingerprint density at radius 2 is 1.48 bits per heavy atom. The summed E-state index contributed by atoms with van der Waals surface area (Å²) in [7, 11) is 0. The van der Waals surface area contributed by atoms with Crippen molar-refractivity contribution >= 4 is 23.2 Å². The molecule has 1 aliphatic rings. The van der Waals surface area contributed by atoms with E-state index in [0.717, 1.165) is 11.3 Å². The quantitative estimate of drug-likeness (QED) is 0.692. The van der Waals surface area contributed by atoms with Crippen molar-refractivity contribution in [3.63, 3.8) is 0 Å². The van der Waals surface area contributed by atoms with Crippen LogP contribution in [0.2, 0.25) is 0 Å². The van der Waals surface area contributed by atoms with Crippen molar-refractivity contribution in [2.24, 2.45) is 10.2 Å². The summed E-state index contributed by atoms with van der Waals surface area (Å²) in [6.45, 7) is 0. The van der Waals surface area contributed by atoms with Gasteiger partial charge in [-0.05, 0) is 29.8 Å². The molecule has 0 radical (unpaired) electrons. The Morgan fingerprint density at radius 1 is 0.857 bits per heavy atom. The van der Waals surface area contributed by atoms with Gasteiger partial charge in [0.2, 0.25) is 11.8 Å². The van der Waals surface area contributed by atoms with E-state index in [-0.39, 0.29) is 18.2 Å². The van der Waals surface area contributed by atoms with Crippen LogP contribution in [-0.2, 0) is 9.59 Å². The summed E-state index contributed by atoms with van der Waals surface area (Å²) in [6.07, 6.45) is 0.212. The van der Waals surface area contributed by atoms with Gasteiger partial charge in [-0.25, -0.2) is 0 Å². The molecule has 1 fully saturated rings. The van der Waals surface area contributed by atoms with Crippen LogP contribution in [-0.4, -0.2) is 11.8 Å². The Balaban J connectivity index is 1.74. The number of azo groups is 1. The number of benzene rings is 2. The van der Waals surface area contributed by atoms with E-state index in [9.17, 15) is 9.59 Å². The fourth-order valence-corrected chi connectivity index (χ4v) is 2.21. The van der Waals surface area contributed by atoms with Gasteiger partial charge in [0.25, 0.3) is 0 Å². The molecule has 0 bridgehead atoms. The molecule has 0 aliphatic carbocycles. The molecule has 2 aromatic rings. The van der Waals surface area contributed by atoms with Crippen LogP contribution >= 0.6 is 0 Å². The second-order valence-electron chi connectivity index (χ2n) is 4.80. The zero-order chi connectivity index (χ0) is 14.7. The third-order valence-corrected chi connectivity index (χ3v) is 3.30. The van der Waals surface area contributed by atoms with Gasteiger partial charge in [-0.1, -0.05) is 30.3 Å². The second-order valence-corrected chi connectivity index (χ2v) is 4.80. The first-order valence-electron chi connectivity index (χ1n) is 6.63. The molecule has 2 amide bonds. The molecule has 5 nitrogen and oxygen atoms in total. The molecule has 21 heavy (non-hydrogen) atoms. The van der Waals surface area contributed by atoms with E-state index >= 15 is 0 Å². The van der Waals surface area contributed by atoms with Gasteiger partial charge in [-0.3, -0.25) is 14.9 Å². The minimum Gasteiger partial charge on any atom is -0.296 e. The van der Waals surface area contributed by atoms with E-state index < -0.39 is 5.92 Å². The van der Waals surface area contributed by atoms with Gasteiger partial charge < -0.3 is 0 Å². The predicted octanol–water partition coefficient (Wildman–Crippen LogP) is 3.23. The molecule has 1 aliphatic heterocycles. The van der Waals surface area contributed by atoms with E-state index in [4.69, 9.17) is 0 Å². The number of hydrogen-bond acceptors (Lipinski definition) is 4. The molecule has 0 spiro atoms. The number of nitrogens with zero attached hydrogens (tertiary/aromatic N) is 2. The van der Waals surface area contributed by atoms with Crippen LogP contribution < -0.4 is 5.32 Å². The lowest BCUT2D eigenvalue weighted by Crippen LogP contribution is -2.21. The summed E-state index contributed by atoms with van der Waals surface area (Å²) in [5, 5.41) is 10.6. The average Bonchev–Trinajstić information content (AvgIpc) is 2.85. The highest BCUT2D eigenvalue weighted by Crippen LogP contribution is 2.26. The lowest BCUT2D eigenvalue weighted by Gasteiger charge is -2.05. The smallest absolute Gasteiger partial charge is 0.234 e. The third kappa shape index (κ3) is 3.02. The van der Waals surface area contributed by atoms with E-state index in [0.29, 0.717) is 5.69 Å². The number of rotatable bonds is 3. The zero-order valence-electron chi connectivity index (χ0n) is 11.2. The molecule has 1 N–H and O–H groups in total. The number of imide groups is 1. The van der Waals surface area contributed by atoms with Crippen molar-refractivity contribution in [1.29, 1.82) is 0 Å². The standard InChI is InChI=1S/C16H13N3O2/c20-15-10-14(16(21)17-15)11-6-8-13(9-7-11)19-18-12-4-2-1-3-5-12/h1-9,14H,10H2,(H,17,20,21). The Kier molecular flexibility index (Phi) is 3.55. The minimum absolute atomic E-state index is 0.212. The highest BCUT2D eigenvalue weighted by atomic mass is 16.2. The Hall–Kier alpha value is -2.82. The molecule has 0 aromatic heterocycles. The molecule has 1 heterocycles. The van der Waals surface area contributed by atoms with Crippen molar-refractivity contribution in [2.45, 2.75) is 12.3 Å². The molecular weight excluding hydrogens is 266 g/mol. The summed E-state index contributed by atoms with van der Waals surface area (Å²) >= 11 is 0. The van der Waals surface area contributed by atoms with E-state index in [1.54, 1.807) is 12.1 Å². The lowest BCUT2D eigenvalue weighted by atomic mass is 9.97. The number of amides is 2. The van der Waals surface area contributed by atoms with E-state index in [1.165, 1.54) is 0 Å². The summed E-state index contributed by atoms with van der Waals surface area (Å²) < 4.78 is 0. The molecule has 1 saturated heterocycles. The number of hydrogen-bond donors (Lipinski definition) is 1. The Labute approximate surface area is 121 Å². The topological polar surface area (TPSA) is 70.9 Å². The van der Waals surface area contributed by atoms with Crippen LogP contribution in [0.1, 0.15) is 17.9 Å². The summed E-state index contributed by atoms with van der Waals surface area (Å²) in [4.78, 5) is 22.8. The first-order chi connectivity index (χ1) is 10.2. The molecule has 3 rings (SSSR count). The summed E-state index contributed by atoms with van der Waals surface area (Å²) in [6, 6.07) is 16.6. The maximum atomic E-state index is 11.6. The second kappa shape index (κ2) is 5.66. The van der Waals surface area contributed by atoms with Crippen LogP contribution in [0.3, 0.4) is 0 Å². The lowest BCUT2D eigenvalue weighted by molar-refractivity contribution is -0.125. The van der Waals surface area contributed by atoms with Crippen molar-refractivity contribution < 1.29 is 9.59 Å². The molecular formula is C16H13N3O2. The normalized spacial score (nSPS) is 18.2. The van der Waals surface area contributed by atoms with Crippen molar-refractivity contribution in [3.05, 3.63) is 60.2 Å². The molecule has 0 saturated carbocycles. The maximum Gasteiger partial charge on any atom is 0.234 e.